The molecule has 0 bridgehead atoms. The minimum Gasteiger partial charge on any atom is -0.394 e. The Labute approximate surface area is 415 Å². The Morgan fingerprint density at radius 3 is 1.82 bits per heavy atom. The molecule has 10 N–H and O–H groups in total. The van der Waals surface area contributed by atoms with Crippen LogP contribution in [0.15, 0.2) is 11.6 Å². The van der Waals surface area contributed by atoms with Gasteiger partial charge in [0, 0.05) is 12.3 Å². The van der Waals surface area contributed by atoms with Crippen LogP contribution in [0.4, 0.5) is 0 Å². The van der Waals surface area contributed by atoms with Crippen molar-refractivity contribution in [3.63, 3.8) is 0 Å². The van der Waals surface area contributed by atoms with Crippen LogP contribution in [0.25, 0.3) is 0 Å². The largest absolute Gasteiger partial charge is 0.394 e. The highest BCUT2D eigenvalue weighted by Crippen LogP contribution is 2.71. The van der Waals surface area contributed by atoms with Crippen LogP contribution in [0.3, 0.4) is 0 Å². The molecular weight excluding hydrogens is 933 g/mol. The fourth-order valence-corrected chi connectivity index (χ4v) is 15.4. The van der Waals surface area contributed by atoms with Gasteiger partial charge in [-0.15, -0.1) is 0 Å². The van der Waals surface area contributed by atoms with Gasteiger partial charge in [-0.3, -0.25) is 0 Å². The molecule has 6 saturated heterocycles. The van der Waals surface area contributed by atoms with Crippen molar-refractivity contribution in [3.8, 4) is 0 Å². The van der Waals surface area contributed by atoms with Gasteiger partial charge in [0.1, 0.15) is 79.4 Å². The van der Waals surface area contributed by atoms with Crippen molar-refractivity contribution in [1.82, 2.24) is 0 Å². The highest BCUT2D eigenvalue weighted by Gasteiger charge is 2.69. The van der Waals surface area contributed by atoms with Crippen LogP contribution in [-0.4, -0.2) is 205 Å². The standard InChI is InChI=1S/C51H82O20/c1-20-10-15-51(62-19-20)21(2)32-30(71-51)17-29-27-9-8-25-16-26(11-13-49(25,6)28(27)12-14-50(29,32)7)66-48-44(70-46-39(59)36(56)34(54)23(4)64-46)41(61)43(31(18-52)67-48)69-47-40(60)37(57)42(24(5)65-47)68-45-38(58)35(55)33(53)22(3)63-45/h8,20-24,26-48,52-61H,9-19H2,1-7H3/t20-,21+,22+,23-,24+,26+,27-,28-,29+,30+,31-,32+,33+,34-,35-,36+,37+,38-,39+,40-,41+,42+,43-,44-,45-,46+,47-,48-,49+,50+,51-/m1/s1. The summed E-state index contributed by atoms with van der Waals surface area (Å²) in [7, 11) is 0. The Morgan fingerprint density at radius 1 is 0.592 bits per heavy atom. The predicted octanol–water partition coefficient (Wildman–Crippen LogP) is 0.0935. The molecule has 0 unspecified atom stereocenters. The summed E-state index contributed by atoms with van der Waals surface area (Å²) in [5.41, 5.74) is 1.44. The van der Waals surface area contributed by atoms with Gasteiger partial charge in [-0.25, -0.2) is 0 Å². The van der Waals surface area contributed by atoms with E-state index in [1.165, 1.54) is 26.3 Å². The monoisotopic (exact) mass is 1010 g/mol. The summed E-state index contributed by atoms with van der Waals surface area (Å²) in [5.74, 6) is 2.46. The summed E-state index contributed by atoms with van der Waals surface area (Å²) in [6.07, 6.45) is -19.0. The van der Waals surface area contributed by atoms with Gasteiger partial charge in [-0.05, 0) is 113 Å². The smallest absolute Gasteiger partial charge is 0.187 e. The zero-order valence-electron chi connectivity index (χ0n) is 42.1. The average Bonchev–Trinajstić information content (AvgIpc) is 3.79. The molecule has 3 saturated carbocycles. The molecule has 71 heavy (non-hydrogen) atoms. The number of aliphatic hydroxyl groups is 10. The van der Waals surface area contributed by atoms with E-state index in [1.54, 1.807) is 0 Å². The summed E-state index contributed by atoms with van der Waals surface area (Å²) in [5, 5.41) is 109. The maximum Gasteiger partial charge on any atom is 0.187 e. The van der Waals surface area contributed by atoms with Crippen molar-refractivity contribution >= 4 is 0 Å². The normalized spacial score (nSPS) is 58.4. The van der Waals surface area contributed by atoms with Gasteiger partial charge < -0.3 is 98.4 Å². The van der Waals surface area contributed by atoms with Crippen LogP contribution in [0.5, 0.6) is 0 Å². The highest BCUT2D eigenvalue weighted by molar-refractivity contribution is 5.26. The third-order valence-corrected chi connectivity index (χ3v) is 19.7. The van der Waals surface area contributed by atoms with Gasteiger partial charge >= 0.3 is 0 Å². The first-order valence-corrected chi connectivity index (χ1v) is 26.6. The third kappa shape index (κ3) is 9.03. The van der Waals surface area contributed by atoms with E-state index in [9.17, 15) is 51.1 Å². The number of fused-ring (bicyclic) bond motifs is 7. The Kier molecular flexibility index (Phi) is 15.1. The molecule has 20 nitrogen and oxygen atoms in total. The number of hydrogen-bond acceptors (Lipinski definition) is 20. The van der Waals surface area contributed by atoms with Crippen molar-refractivity contribution in [2.75, 3.05) is 13.2 Å². The van der Waals surface area contributed by atoms with E-state index >= 15 is 0 Å². The second kappa shape index (κ2) is 20.1. The lowest BCUT2D eigenvalue weighted by molar-refractivity contribution is -0.394. The first kappa shape index (κ1) is 53.3. The van der Waals surface area contributed by atoms with Gasteiger partial charge in [0.05, 0.1) is 43.7 Å². The molecule has 0 amide bonds. The molecular formula is C51H82O20. The predicted molar refractivity (Wildman–Crippen MR) is 244 cm³/mol. The van der Waals surface area contributed by atoms with Crippen molar-refractivity contribution in [3.05, 3.63) is 11.6 Å². The lowest BCUT2D eigenvalue weighted by Crippen LogP contribution is -2.67. The molecule has 10 rings (SSSR count). The molecule has 0 aromatic carbocycles. The first-order valence-electron chi connectivity index (χ1n) is 26.6. The lowest BCUT2D eigenvalue weighted by Gasteiger charge is -2.59. The average molecular weight is 1020 g/mol. The molecule has 0 aromatic rings. The van der Waals surface area contributed by atoms with E-state index in [0.29, 0.717) is 48.3 Å². The van der Waals surface area contributed by atoms with E-state index in [1.807, 2.05) is 0 Å². The molecule has 406 valence electrons. The highest BCUT2D eigenvalue weighted by atomic mass is 16.8. The Morgan fingerprint density at radius 2 is 1.20 bits per heavy atom. The van der Waals surface area contributed by atoms with Gasteiger partial charge in [-0.2, -0.15) is 0 Å². The molecule has 20 heteroatoms. The second-order valence-corrected chi connectivity index (χ2v) is 23.8. The zero-order valence-corrected chi connectivity index (χ0v) is 42.1. The number of hydrogen-bond donors (Lipinski definition) is 10. The van der Waals surface area contributed by atoms with Gasteiger partial charge in [0.25, 0.3) is 0 Å². The maximum atomic E-state index is 12.2. The summed E-state index contributed by atoms with van der Waals surface area (Å²) in [6.45, 7) is 14.1. The van der Waals surface area contributed by atoms with Crippen LogP contribution < -0.4 is 0 Å². The van der Waals surface area contributed by atoms with Gasteiger partial charge in [0.15, 0.2) is 30.9 Å². The fraction of sp³-hybridized carbons (Fsp3) is 0.961. The van der Waals surface area contributed by atoms with Crippen molar-refractivity contribution in [1.29, 1.82) is 0 Å². The van der Waals surface area contributed by atoms with E-state index < -0.39 is 141 Å². The van der Waals surface area contributed by atoms with E-state index in [4.69, 9.17) is 47.4 Å². The van der Waals surface area contributed by atoms with Gasteiger partial charge in [0.2, 0.25) is 0 Å². The van der Waals surface area contributed by atoms with Gasteiger partial charge in [-0.1, -0.05) is 39.3 Å². The van der Waals surface area contributed by atoms with Crippen LogP contribution in [-0.2, 0) is 47.4 Å². The van der Waals surface area contributed by atoms with E-state index in [-0.39, 0.29) is 16.9 Å². The molecule has 10 aliphatic rings. The number of ether oxygens (including phenoxy) is 10. The summed E-state index contributed by atoms with van der Waals surface area (Å²) < 4.78 is 62.2. The SMILES string of the molecule is C[C@@H]1CC[C@@]2(OC1)O[C@H]1C[C@H]3[C@@H]4CC=C5C[C@@H](O[C@@H]6O[C@H](CO)[C@@H](O[C@H]7O[C@@H](C)[C@H](O[C@H]8O[C@@H](C)[C@H](O)[C@@H](O)[C@H]8O)[C@@H](O)[C@H]7O)[C@H](O)[C@H]6O[C@@H]6O[C@H](C)[C@@H](O)[C@H](O)[C@@H]6O)CC[C@]5(C)[C@@H]4CC[C@]3(C)[C@H]1[C@@H]2C. The second-order valence-electron chi connectivity index (χ2n) is 23.8. The Balaban J connectivity index is 0.836. The van der Waals surface area contributed by atoms with Crippen molar-refractivity contribution in [2.45, 2.75) is 247 Å². The topological polar surface area (TPSA) is 295 Å². The van der Waals surface area contributed by atoms with Crippen LogP contribution >= 0.6 is 0 Å². The number of allylic oxidation sites excluding steroid dienone is 1. The minimum absolute atomic E-state index is 0.0569. The van der Waals surface area contributed by atoms with E-state index in [0.717, 1.165) is 51.6 Å². The summed E-state index contributed by atoms with van der Waals surface area (Å²) in [6, 6.07) is 0. The Bertz CT molecular complexity index is 1890. The molecule has 0 radical (unpaired) electrons. The van der Waals surface area contributed by atoms with Crippen molar-refractivity contribution < 1.29 is 98.4 Å². The third-order valence-electron chi connectivity index (χ3n) is 19.7. The molecule has 6 aliphatic heterocycles. The van der Waals surface area contributed by atoms with Crippen LogP contribution in [0.1, 0.15) is 106 Å². The minimum atomic E-state index is -1.85. The molecule has 0 aromatic heterocycles. The lowest BCUT2D eigenvalue weighted by atomic mass is 9.47. The first-order chi connectivity index (χ1) is 33.6. The molecule has 6 heterocycles. The summed E-state index contributed by atoms with van der Waals surface area (Å²) >= 11 is 0. The number of rotatable bonds is 9. The molecule has 31 atom stereocenters. The maximum absolute atomic E-state index is 12.2. The Hall–Kier alpha value is -1.06. The fourth-order valence-electron chi connectivity index (χ4n) is 15.4. The van der Waals surface area contributed by atoms with E-state index in [2.05, 4.69) is 33.8 Å². The molecule has 1 spiro atoms. The quantitative estimate of drug-likeness (QED) is 0.137. The zero-order chi connectivity index (χ0) is 50.8. The molecule has 4 aliphatic carbocycles. The summed E-state index contributed by atoms with van der Waals surface area (Å²) in [4.78, 5) is 0. The number of aliphatic hydroxyl groups excluding tert-OH is 10. The molecule has 9 fully saturated rings. The van der Waals surface area contributed by atoms with Crippen LogP contribution in [0.2, 0.25) is 0 Å². The van der Waals surface area contributed by atoms with Crippen LogP contribution in [0, 0.1) is 46.3 Å². The van der Waals surface area contributed by atoms with Crippen molar-refractivity contribution in [2.24, 2.45) is 46.3 Å².